The number of carbonyl (C=O) groups excluding carboxylic acids is 1. The number of anilines is 2. The Labute approximate surface area is 185 Å². The van der Waals surface area contributed by atoms with Crippen LogP contribution in [0.2, 0.25) is 0 Å². The lowest BCUT2D eigenvalue weighted by atomic mass is 10.2. The molecular weight excluding hydrogens is 416 g/mol. The molecule has 1 amide bonds. The molecule has 31 heavy (non-hydrogen) atoms. The zero-order valence-corrected chi connectivity index (χ0v) is 19.9. The van der Waals surface area contributed by atoms with E-state index >= 15 is 0 Å². The third-order valence-electron chi connectivity index (χ3n) is 4.60. The molecular formula is C22H32N4O4S. The van der Waals surface area contributed by atoms with Crippen LogP contribution in [0.15, 0.2) is 47.4 Å². The van der Waals surface area contributed by atoms with E-state index in [1.54, 1.807) is 12.1 Å². The van der Waals surface area contributed by atoms with Crippen molar-refractivity contribution in [2.45, 2.75) is 18.4 Å². The molecule has 0 unspecified atom stereocenters. The van der Waals surface area contributed by atoms with E-state index in [-0.39, 0.29) is 17.3 Å². The number of hydrogen-bond acceptors (Lipinski definition) is 6. The number of nitrogens with zero attached hydrogens (tertiary/aromatic N) is 3. The Kier molecular flexibility index (Phi) is 8.43. The van der Waals surface area contributed by atoms with Crippen LogP contribution in [0.1, 0.15) is 12.5 Å². The summed E-state index contributed by atoms with van der Waals surface area (Å²) in [6.07, 6.45) is 0. The average Bonchev–Trinajstić information content (AvgIpc) is 2.69. The molecule has 0 aliphatic carbocycles. The number of amides is 1. The van der Waals surface area contributed by atoms with Gasteiger partial charge >= 0.3 is 0 Å². The van der Waals surface area contributed by atoms with Crippen molar-refractivity contribution in [3.8, 4) is 5.75 Å². The molecule has 1 N–H and O–H groups in total. The molecule has 0 spiro atoms. The number of sulfonamides is 1. The van der Waals surface area contributed by atoms with Gasteiger partial charge in [0.2, 0.25) is 15.9 Å². The van der Waals surface area contributed by atoms with Crippen molar-refractivity contribution in [2.75, 3.05) is 58.6 Å². The van der Waals surface area contributed by atoms with Crippen LogP contribution < -0.4 is 15.0 Å². The first-order valence-electron chi connectivity index (χ1n) is 9.98. The zero-order valence-electron chi connectivity index (χ0n) is 19.0. The van der Waals surface area contributed by atoms with E-state index in [0.29, 0.717) is 18.8 Å². The first kappa shape index (κ1) is 24.6. The van der Waals surface area contributed by atoms with Gasteiger partial charge in [-0.3, -0.25) is 9.69 Å². The van der Waals surface area contributed by atoms with Crippen LogP contribution in [-0.2, 0) is 21.4 Å². The molecule has 0 aliphatic rings. The van der Waals surface area contributed by atoms with Crippen molar-refractivity contribution >= 4 is 27.3 Å². The molecule has 0 heterocycles. The van der Waals surface area contributed by atoms with Gasteiger partial charge in [-0.1, -0.05) is 12.1 Å². The molecule has 0 aliphatic heterocycles. The maximum Gasteiger partial charge on any atom is 0.242 e. The smallest absolute Gasteiger partial charge is 0.242 e. The number of likely N-dealkylation sites (N-methyl/N-ethyl adjacent to an activating group) is 1. The van der Waals surface area contributed by atoms with Crippen LogP contribution in [0.5, 0.6) is 5.75 Å². The maximum absolute atomic E-state index is 12.7. The fraction of sp³-hybridized carbons (Fsp3) is 0.409. The molecule has 0 fully saturated rings. The van der Waals surface area contributed by atoms with Gasteiger partial charge in [0.05, 0.1) is 29.4 Å². The molecule has 0 bridgehead atoms. The van der Waals surface area contributed by atoms with Gasteiger partial charge < -0.3 is 15.0 Å². The molecule has 2 aromatic rings. The van der Waals surface area contributed by atoms with Gasteiger partial charge in [0.1, 0.15) is 5.75 Å². The molecule has 0 atom stereocenters. The standard InChI is InChI=1S/C22H32N4O4S/c1-7-30-18-10-8-17(9-11-18)15-26(6)16-22(27)23-20-14-19(31(28,29)25(4)5)12-13-21(20)24(2)3/h8-14H,7,15-16H2,1-6H3,(H,23,27). The van der Waals surface area contributed by atoms with Gasteiger partial charge in [-0.15, -0.1) is 0 Å². The topological polar surface area (TPSA) is 82.2 Å². The third kappa shape index (κ3) is 6.68. The lowest BCUT2D eigenvalue weighted by Crippen LogP contribution is -2.30. The minimum Gasteiger partial charge on any atom is -0.494 e. The van der Waals surface area contributed by atoms with Gasteiger partial charge in [-0.2, -0.15) is 0 Å². The monoisotopic (exact) mass is 448 g/mol. The SMILES string of the molecule is CCOc1ccc(CN(C)CC(=O)Nc2cc(S(=O)(=O)N(C)C)ccc2N(C)C)cc1. The Hall–Kier alpha value is -2.62. The highest BCUT2D eigenvalue weighted by atomic mass is 32.2. The highest BCUT2D eigenvalue weighted by Crippen LogP contribution is 2.28. The van der Waals surface area contributed by atoms with Crippen LogP contribution in [0.4, 0.5) is 11.4 Å². The number of nitrogens with one attached hydrogen (secondary N) is 1. The lowest BCUT2D eigenvalue weighted by Gasteiger charge is -2.21. The minimum atomic E-state index is -3.61. The molecule has 2 aromatic carbocycles. The maximum atomic E-state index is 12.7. The third-order valence-corrected chi connectivity index (χ3v) is 6.41. The summed E-state index contributed by atoms with van der Waals surface area (Å²) in [5, 5.41) is 2.86. The van der Waals surface area contributed by atoms with Crippen LogP contribution in [0.25, 0.3) is 0 Å². The summed E-state index contributed by atoms with van der Waals surface area (Å²) in [7, 11) is 4.87. The Morgan fingerprint density at radius 3 is 2.19 bits per heavy atom. The van der Waals surface area contributed by atoms with Crippen LogP contribution in [0, 0.1) is 0 Å². The summed E-state index contributed by atoms with van der Waals surface area (Å²) in [6.45, 7) is 3.30. The molecule has 0 saturated heterocycles. The van der Waals surface area contributed by atoms with Gasteiger partial charge in [-0.25, -0.2) is 12.7 Å². The summed E-state index contributed by atoms with van der Waals surface area (Å²) >= 11 is 0. The Morgan fingerprint density at radius 2 is 1.65 bits per heavy atom. The Balaban J connectivity index is 2.11. The lowest BCUT2D eigenvalue weighted by molar-refractivity contribution is -0.117. The van der Waals surface area contributed by atoms with E-state index in [9.17, 15) is 13.2 Å². The minimum absolute atomic E-state index is 0.126. The second kappa shape index (κ2) is 10.6. The largest absolute Gasteiger partial charge is 0.494 e. The summed E-state index contributed by atoms with van der Waals surface area (Å²) in [5.41, 5.74) is 2.24. The number of rotatable bonds is 10. The number of carbonyl (C=O) groups is 1. The highest BCUT2D eigenvalue weighted by molar-refractivity contribution is 7.89. The highest BCUT2D eigenvalue weighted by Gasteiger charge is 2.20. The fourth-order valence-corrected chi connectivity index (χ4v) is 3.97. The zero-order chi connectivity index (χ0) is 23.2. The Bertz CT molecular complexity index is 989. The van der Waals surface area contributed by atoms with E-state index in [0.717, 1.165) is 21.3 Å². The number of benzene rings is 2. The van der Waals surface area contributed by atoms with Gasteiger partial charge in [0, 0.05) is 34.7 Å². The summed E-state index contributed by atoms with van der Waals surface area (Å²) < 4.78 is 31.6. The van der Waals surface area contributed by atoms with E-state index in [1.165, 1.54) is 20.2 Å². The van der Waals surface area contributed by atoms with E-state index in [2.05, 4.69) is 5.32 Å². The van der Waals surface area contributed by atoms with Crippen molar-refractivity contribution in [3.63, 3.8) is 0 Å². The first-order chi connectivity index (χ1) is 14.5. The van der Waals surface area contributed by atoms with E-state index < -0.39 is 10.0 Å². The molecule has 0 aromatic heterocycles. The molecule has 2 rings (SSSR count). The average molecular weight is 449 g/mol. The first-order valence-corrected chi connectivity index (χ1v) is 11.4. The van der Waals surface area contributed by atoms with Gasteiger partial charge in [-0.05, 0) is 49.9 Å². The van der Waals surface area contributed by atoms with E-state index in [1.807, 2.05) is 62.1 Å². The van der Waals surface area contributed by atoms with E-state index in [4.69, 9.17) is 4.74 Å². The van der Waals surface area contributed by atoms with Crippen molar-refractivity contribution in [1.82, 2.24) is 9.21 Å². The van der Waals surface area contributed by atoms with Gasteiger partial charge in [0.15, 0.2) is 0 Å². The fourth-order valence-electron chi connectivity index (χ4n) is 3.04. The van der Waals surface area contributed by atoms with Crippen molar-refractivity contribution in [1.29, 1.82) is 0 Å². The predicted octanol–water partition coefficient (Wildman–Crippen LogP) is 2.47. The van der Waals surface area contributed by atoms with Crippen LogP contribution >= 0.6 is 0 Å². The van der Waals surface area contributed by atoms with Crippen LogP contribution in [0.3, 0.4) is 0 Å². The summed E-state index contributed by atoms with van der Waals surface area (Å²) in [6, 6.07) is 12.5. The normalized spacial score (nSPS) is 11.6. The van der Waals surface area contributed by atoms with Crippen molar-refractivity contribution < 1.29 is 17.9 Å². The van der Waals surface area contributed by atoms with Crippen molar-refractivity contribution in [2.24, 2.45) is 0 Å². The Morgan fingerprint density at radius 1 is 1.00 bits per heavy atom. The number of hydrogen-bond donors (Lipinski definition) is 1. The van der Waals surface area contributed by atoms with Crippen molar-refractivity contribution in [3.05, 3.63) is 48.0 Å². The number of ether oxygens (including phenoxy) is 1. The molecule has 0 radical (unpaired) electrons. The van der Waals surface area contributed by atoms with Gasteiger partial charge in [0.25, 0.3) is 0 Å². The predicted molar refractivity (Wildman–Crippen MR) is 124 cm³/mol. The molecule has 0 saturated carbocycles. The summed E-state index contributed by atoms with van der Waals surface area (Å²) in [5.74, 6) is 0.589. The molecule has 170 valence electrons. The summed E-state index contributed by atoms with van der Waals surface area (Å²) in [4.78, 5) is 16.5. The second-order valence-electron chi connectivity index (χ2n) is 7.66. The quantitative estimate of drug-likeness (QED) is 0.601. The second-order valence-corrected chi connectivity index (χ2v) is 9.81. The van der Waals surface area contributed by atoms with Crippen LogP contribution in [-0.4, -0.2) is 71.9 Å². The molecule has 8 nitrogen and oxygen atoms in total. The molecule has 9 heteroatoms.